The van der Waals surface area contributed by atoms with Crippen molar-refractivity contribution >= 4 is 5.82 Å². The zero-order chi connectivity index (χ0) is 13.9. The highest BCUT2D eigenvalue weighted by Gasteiger charge is 2.27. The van der Waals surface area contributed by atoms with Gasteiger partial charge in [-0.25, -0.2) is 14.4 Å². The van der Waals surface area contributed by atoms with Gasteiger partial charge in [0.05, 0.1) is 11.9 Å². The number of hydrogen-bond donors (Lipinski definition) is 1. The van der Waals surface area contributed by atoms with Gasteiger partial charge < -0.3 is 5.32 Å². The van der Waals surface area contributed by atoms with Crippen LogP contribution < -0.4 is 5.32 Å². The smallest absolute Gasteiger partial charge is 0.142 e. The Kier molecular flexibility index (Phi) is 3.58. The summed E-state index contributed by atoms with van der Waals surface area (Å²) in [4.78, 5) is 13.0. The van der Waals surface area contributed by atoms with Gasteiger partial charge in [0.2, 0.25) is 0 Å². The Morgan fingerprint density at radius 2 is 2.10 bits per heavy atom. The molecule has 0 amide bonds. The van der Waals surface area contributed by atoms with Crippen LogP contribution >= 0.6 is 0 Å². The molecule has 1 N–H and O–H groups in total. The van der Waals surface area contributed by atoms with Crippen LogP contribution in [-0.4, -0.2) is 21.5 Å². The molecule has 0 unspecified atom stereocenters. The number of halogens is 1. The van der Waals surface area contributed by atoms with Gasteiger partial charge in [-0.1, -0.05) is 6.92 Å². The molecule has 2 aromatic heterocycles. The summed E-state index contributed by atoms with van der Waals surface area (Å²) in [6.07, 6.45) is 6.13. The molecule has 0 spiro atoms. The SMILES string of the molecule is CCCNc1cc(-c2cncc(F)c2)nc(C2CC2)n1. The highest BCUT2D eigenvalue weighted by molar-refractivity contribution is 5.61. The monoisotopic (exact) mass is 272 g/mol. The van der Waals surface area contributed by atoms with E-state index in [1.165, 1.54) is 12.3 Å². The molecule has 2 aromatic rings. The Morgan fingerprint density at radius 1 is 1.25 bits per heavy atom. The number of nitrogens with zero attached hydrogens (tertiary/aromatic N) is 3. The zero-order valence-electron chi connectivity index (χ0n) is 11.4. The van der Waals surface area contributed by atoms with Crippen LogP contribution in [0, 0.1) is 5.82 Å². The van der Waals surface area contributed by atoms with Crippen LogP contribution in [0.5, 0.6) is 0 Å². The van der Waals surface area contributed by atoms with E-state index in [0.29, 0.717) is 11.5 Å². The maximum Gasteiger partial charge on any atom is 0.142 e. The Labute approximate surface area is 117 Å². The molecule has 3 rings (SSSR count). The second-order valence-corrected chi connectivity index (χ2v) is 5.09. The lowest BCUT2D eigenvalue weighted by Crippen LogP contribution is -2.05. The fourth-order valence-corrected chi connectivity index (χ4v) is 2.03. The lowest BCUT2D eigenvalue weighted by molar-refractivity contribution is 0.622. The van der Waals surface area contributed by atoms with E-state index in [1.54, 1.807) is 6.20 Å². The van der Waals surface area contributed by atoms with Crippen LogP contribution in [0.2, 0.25) is 0 Å². The van der Waals surface area contributed by atoms with E-state index in [-0.39, 0.29) is 5.82 Å². The number of anilines is 1. The summed E-state index contributed by atoms with van der Waals surface area (Å²) in [5, 5.41) is 3.28. The largest absolute Gasteiger partial charge is 0.370 e. The minimum atomic E-state index is -0.350. The van der Waals surface area contributed by atoms with E-state index < -0.39 is 0 Å². The molecule has 1 fully saturated rings. The minimum Gasteiger partial charge on any atom is -0.370 e. The molecule has 0 atom stereocenters. The van der Waals surface area contributed by atoms with Gasteiger partial charge in [-0.3, -0.25) is 4.98 Å². The molecule has 0 radical (unpaired) electrons. The van der Waals surface area contributed by atoms with E-state index in [1.807, 2.05) is 6.07 Å². The van der Waals surface area contributed by atoms with Gasteiger partial charge in [0.15, 0.2) is 0 Å². The molecule has 1 aliphatic rings. The average Bonchev–Trinajstić information content (AvgIpc) is 3.29. The third-order valence-corrected chi connectivity index (χ3v) is 3.24. The number of aromatic nitrogens is 3. The summed E-state index contributed by atoms with van der Waals surface area (Å²) in [5.41, 5.74) is 1.42. The van der Waals surface area contributed by atoms with Crippen molar-refractivity contribution in [3.63, 3.8) is 0 Å². The summed E-state index contributed by atoms with van der Waals surface area (Å²) in [6.45, 7) is 2.97. The summed E-state index contributed by atoms with van der Waals surface area (Å²) in [5.74, 6) is 1.77. The number of rotatable bonds is 5. The highest BCUT2D eigenvalue weighted by atomic mass is 19.1. The molecule has 104 valence electrons. The Hall–Kier alpha value is -2.04. The first-order valence-electron chi connectivity index (χ1n) is 7.00. The van der Waals surface area contributed by atoms with E-state index >= 15 is 0 Å². The van der Waals surface area contributed by atoms with Gasteiger partial charge in [-0.2, -0.15) is 0 Å². The summed E-state index contributed by atoms with van der Waals surface area (Å²) in [7, 11) is 0. The van der Waals surface area contributed by atoms with E-state index in [0.717, 1.165) is 43.1 Å². The first-order chi connectivity index (χ1) is 9.76. The molecule has 2 heterocycles. The van der Waals surface area contributed by atoms with Crippen molar-refractivity contribution in [3.8, 4) is 11.3 Å². The first-order valence-corrected chi connectivity index (χ1v) is 7.00. The van der Waals surface area contributed by atoms with Gasteiger partial charge in [-0.05, 0) is 25.3 Å². The fourth-order valence-electron chi connectivity index (χ4n) is 2.03. The predicted octanol–water partition coefficient (Wildman–Crippen LogP) is 3.38. The Morgan fingerprint density at radius 3 is 2.80 bits per heavy atom. The topological polar surface area (TPSA) is 50.7 Å². The van der Waals surface area contributed by atoms with Gasteiger partial charge in [0.25, 0.3) is 0 Å². The lowest BCUT2D eigenvalue weighted by atomic mass is 10.2. The fraction of sp³-hybridized carbons (Fsp3) is 0.400. The van der Waals surface area contributed by atoms with Crippen molar-refractivity contribution in [1.82, 2.24) is 15.0 Å². The number of hydrogen-bond acceptors (Lipinski definition) is 4. The van der Waals surface area contributed by atoms with E-state index in [2.05, 4.69) is 27.2 Å². The van der Waals surface area contributed by atoms with Gasteiger partial charge >= 0.3 is 0 Å². The third-order valence-electron chi connectivity index (χ3n) is 3.24. The van der Waals surface area contributed by atoms with Crippen molar-refractivity contribution in [2.75, 3.05) is 11.9 Å². The average molecular weight is 272 g/mol. The summed E-state index contributed by atoms with van der Waals surface area (Å²) >= 11 is 0. The second-order valence-electron chi connectivity index (χ2n) is 5.09. The molecule has 0 aliphatic heterocycles. The first kappa shape index (κ1) is 13.0. The lowest BCUT2D eigenvalue weighted by Gasteiger charge is -2.09. The van der Waals surface area contributed by atoms with Crippen molar-refractivity contribution in [1.29, 1.82) is 0 Å². The molecule has 1 aliphatic carbocycles. The predicted molar refractivity (Wildman–Crippen MR) is 76.0 cm³/mol. The van der Waals surface area contributed by atoms with Crippen LogP contribution in [0.3, 0.4) is 0 Å². The Balaban J connectivity index is 1.98. The van der Waals surface area contributed by atoms with E-state index in [9.17, 15) is 4.39 Å². The van der Waals surface area contributed by atoms with Crippen molar-refractivity contribution < 1.29 is 4.39 Å². The van der Waals surface area contributed by atoms with E-state index in [4.69, 9.17) is 0 Å². The molecule has 5 heteroatoms. The van der Waals surface area contributed by atoms with Gasteiger partial charge in [-0.15, -0.1) is 0 Å². The molecule has 0 saturated heterocycles. The standard InChI is InChI=1S/C15H17FN4/c1-2-5-18-14-7-13(11-6-12(16)9-17-8-11)19-15(20-14)10-3-4-10/h6-10H,2-5H2,1H3,(H,18,19,20). The van der Waals surface area contributed by atoms with Crippen LogP contribution in [0.1, 0.15) is 37.9 Å². The molecule has 4 nitrogen and oxygen atoms in total. The van der Waals surface area contributed by atoms with Crippen molar-refractivity contribution in [2.45, 2.75) is 32.1 Å². The molecular weight excluding hydrogens is 255 g/mol. The number of pyridine rings is 1. The molecular formula is C15H17FN4. The van der Waals surface area contributed by atoms with Gasteiger partial charge in [0, 0.05) is 30.3 Å². The molecule has 0 aromatic carbocycles. The normalized spacial score (nSPS) is 14.3. The van der Waals surface area contributed by atoms with Crippen LogP contribution in [0.4, 0.5) is 10.2 Å². The minimum absolute atomic E-state index is 0.350. The maximum absolute atomic E-state index is 13.3. The highest BCUT2D eigenvalue weighted by Crippen LogP contribution is 2.39. The molecule has 0 bridgehead atoms. The van der Waals surface area contributed by atoms with Crippen molar-refractivity contribution in [2.24, 2.45) is 0 Å². The number of nitrogens with one attached hydrogen (secondary N) is 1. The molecule has 20 heavy (non-hydrogen) atoms. The van der Waals surface area contributed by atoms with Crippen LogP contribution in [0.25, 0.3) is 11.3 Å². The summed E-state index contributed by atoms with van der Waals surface area (Å²) < 4.78 is 13.3. The van der Waals surface area contributed by atoms with Gasteiger partial charge in [0.1, 0.15) is 17.5 Å². The quantitative estimate of drug-likeness (QED) is 0.906. The maximum atomic E-state index is 13.3. The van der Waals surface area contributed by atoms with Crippen LogP contribution in [-0.2, 0) is 0 Å². The molecule has 1 saturated carbocycles. The second kappa shape index (κ2) is 5.53. The Bertz CT molecular complexity index is 611. The zero-order valence-corrected chi connectivity index (χ0v) is 11.4. The van der Waals surface area contributed by atoms with Crippen molar-refractivity contribution in [3.05, 3.63) is 36.2 Å². The third kappa shape index (κ3) is 2.92. The van der Waals surface area contributed by atoms with Crippen LogP contribution in [0.15, 0.2) is 24.5 Å². The summed E-state index contributed by atoms with van der Waals surface area (Å²) in [6, 6.07) is 3.31.